The van der Waals surface area contributed by atoms with E-state index in [0.29, 0.717) is 6.04 Å². The number of alkyl halides is 2. The second-order valence-corrected chi connectivity index (χ2v) is 5.91. The van der Waals surface area contributed by atoms with Gasteiger partial charge in [-0.2, -0.15) is 8.78 Å². The van der Waals surface area contributed by atoms with Crippen molar-refractivity contribution < 1.29 is 13.5 Å². The van der Waals surface area contributed by atoms with E-state index in [0.717, 1.165) is 30.4 Å². The van der Waals surface area contributed by atoms with Gasteiger partial charge in [0.1, 0.15) is 5.75 Å². The van der Waals surface area contributed by atoms with Gasteiger partial charge in [-0.15, -0.1) is 0 Å². The Balaban J connectivity index is 1.88. The maximum Gasteiger partial charge on any atom is 0.387 e. The van der Waals surface area contributed by atoms with Gasteiger partial charge < -0.3 is 10.1 Å². The van der Waals surface area contributed by atoms with Crippen LogP contribution in [0.4, 0.5) is 14.5 Å². The zero-order chi connectivity index (χ0) is 14.5. The SMILES string of the molecule is CC(C)C1CCC(Nc2cccc(OC(F)F)c2)CC1. The highest BCUT2D eigenvalue weighted by Gasteiger charge is 2.23. The minimum absolute atomic E-state index is 0.209. The Hall–Kier alpha value is -1.32. The van der Waals surface area contributed by atoms with Crippen LogP contribution in [0.25, 0.3) is 0 Å². The van der Waals surface area contributed by atoms with Crippen molar-refractivity contribution in [2.45, 2.75) is 52.2 Å². The number of hydrogen-bond donors (Lipinski definition) is 1. The first-order valence-electron chi connectivity index (χ1n) is 7.36. The van der Waals surface area contributed by atoms with E-state index in [9.17, 15) is 8.78 Å². The summed E-state index contributed by atoms with van der Waals surface area (Å²) in [5, 5.41) is 3.43. The molecule has 1 aliphatic carbocycles. The number of halogens is 2. The minimum Gasteiger partial charge on any atom is -0.435 e. The summed E-state index contributed by atoms with van der Waals surface area (Å²) in [6, 6.07) is 7.26. The smallest absolute Gasteiger partial charge is 0.387 e. The lowest BCUT2D eigenvalue weighted by Crippen LogP contribution is -2.27. The van der Waals surface area contributed by atoms with E-state index in [-0.39, 0.29) is 5.75 Å². The summed E-state index contributed by atoms with van der Waals surface area (Å²) in [6.45, 7) is 1.79. The maximum atomic E-state index is 12.2. The molecule has 112 valence electrons. The second kappa shape index (κ2) is 6.91. The lowest BCUT2D eigenvalue weighted by Gasteiger charge is -2.31. The third-order valence-corrected chi connectivity index (χ3v) is 4.14. The molecule has 1 saturated carbocycles. The summed E-state index contributed by atoms with van der Waals surface area (Å²) in [7, 11) is 0. The lowest BCUT2D eigenvalue weighted by atomic mass is 9.79. The largest absolute Gasteiger partial charge is 0.435 e. The van der Waals surface area contributed by atoms with Gasteiger partial charge >= 0.3 is 6.61 Å². The van der Waals surface area contributed by atoms with E-state index in [1.807, 2.05) is 6.07 Å². The van der Waals surface area contributed by atoms with Crippen LogP contribution in [0.1, 0.15) is 39.5 Å². The third kappa shape index (κ3) is 4.36. The molecule has 0 aliphatic heterocycles. The van der Waals surface area contributed by atoms with E-state index < -0.39 is 6.61 Å². The molecule has 0 amide bonds. The molecule has 2 nitrogen and oxygen atoms in total. The monoisotopic (exact) mass is 283 g/mol. The molecule has 0 aromatic heterocycles. The fourth-order valence-corrected chi connectivity index (χ4v) is 2.93. The van der Waals surface area contributed by atoms with Gasteiger partial charge in [-0.1, -0.05) is 19.9 Å². The van der Waals surface area contributed by atoms with E-state index in [1.165, 1.54) is 12.8 Å². The average molecular weight is 283 g/mol. The van der Waals surface area contributed by atoms with Gasteiger partial charge in [0.15, 0.2) is 0 Å². The second-order valence-electron chi connectivity index (χ2n) is 5.91. The molecule has 0 bridgehead atoms. The van der Waals surface area contributed by atoms with E-state index in [4.69, 9.17) is 0 Å². The number of benzene rings is 1. The van der Waals surface area contributed by atoms with Crippen molar-refractivity contribution in [3.8, 4) is 5.75 Å². The maximum absolute atomic E-state index is 12.2. The van der Waals surface area contributed by atoms with Gasteiger partial charge in [-0.3, -0.25) is 0 Å². The fraction of sp³-hybridized carbons (Fsp3) is 0.625. The highest BCUT2D eigenvalue weighted by Crippen LogP contribution is 2.31. The van der Waals surface area contributed by atoms with Crippen LogP contribution in [0.15, 0.2) is 24.3 Å². The van der Waals surface area contributed by atoms with Gasteiger partial charge in [0.05, 0.1) is 0 Å². The van der Waals surface area contributed by atoms with Crippen molar-refractivity contribution in [1.82, 2.24) is 0 Å². The Labute approximate surface area is 119 Å². The topological polar surface area (TPSA) is 21.3 Å². The summed E-state index contributed by atoms with van der Waals surface area (Å²) in [6.07, 6.45) is 4.76. The molecule has 4 heteroatoms. The van der Waals surface area contributed by atoms with Crippen molar-refractivity contribution in [2.24, 2.45) is 11.8 Å². The molecule has 20 heavy (non-hydrogen) atoms. The molecule has 0 saturated heterocycles. The highest BCUT2D eigenvalue weighted by atomic mass is 19.3. The number of anilines is 1. The Bertz CT molecular complexity index is 415. The normalized spacial score (nSPS) is 23.1. The molecule has 2 rings (SSSR count). The first-order chi connectivity index (χ1) is 9.54. The third-order valence-electron chi connectivity index (χ3n) is 4.14. The van der Waals surface area contributed by atoms with Crippen LogP contribution in [0.2, 0.25) is 0 Å². The molecule has 0 heterocycles. The minimum atomic E-state index is -2.77. The average Bonchev–Trinajstić information content (AvgIpc) is 2.39. The zero-order valence-corrected chi connectivity index (χ0v) is 12.1. The van der Waals surface area contributed by atoms with Gasteiger partial charge in [0.25, 0.3) is 0 Å². The molecular formula is C16H23F2NO. The highest BCUT2D eigenvalue weighted by molar-refractivity contribution is 5.48. The zero-order valence-electron chi connectivity index (χ0n) is 12.1. The van der Waals surface area contributed by atoms with Crippen LogP contribution in [-0.2, 0) is 0 Å². The number of nitrogens with one attached hydrogen (secondary N) is 1. The van der Waals surface area contributed by atoms with E-state index in [1.54, 1.807) is 18.2 Å². The molecule has 0 atom stereocenters. The van der Waals surface area contributed by atoms with Crippen LogP contribution in [-0.4, -0.2) is 12.7 Å². The quantitative estimate of drug-likeness (QED) is 0.828. The van der Waals surface area contributed by atoms with Gasteiger partial charge in [0.2, 0.25) is 0 Å². The molecule has 1 aromatic carbocycles. The Morgan fingerprint density at radius 1 is 1.15 bits per heavy atom. The lowest BCUT2D eigenvalue weighted by molar-refractivity contribution is -0.0498. The predicted octanol–water partition coefficient (Wildman–Crippen LogP) is 4.91. The van der Waals surface area contributed by atoms with Crippen molar-refractivity contribution in [1.29, 1.82) is 0 Å². The number of ether oxygens (including phenoxy) is 1. The summed E-state index contributed by atoms with van der Waals surface area (Å²) in [4.78, 5) is 0. The van der Waals surface area contributed by atoms with Crippen molar-refractivity contribution in [2.75, 3.05) is 5.32 Å². The van der Waals surface area contributed by atoms with E-state index >= 15 is 0 Å². The van der Waals surface area contributed by atoms with Crippen LogP contribution in [0, 0.1) is 11.8 Å². The molecule has 0 radical (unpaired) electrons. The predicted molar refractivity (Wildman–Crippen MR) is 77.3 cm³/mol. The molecular weight excluding hydrogens is 260 g/mol. The van der Waals surface area contributed by atoms with Gasteiger partial charge in [-0.05, 0) is 49.7 Å². The molecule has 1 N–H and O–H groups in total. The molecule has 0 unspecified atom stereocenters. The van der Waals surface area contributed by atoms with E-state index in [2.05, 4.69) is 23.9 Å². The summed E-state index contributed by atoms with van der Waals surface area (Å²) in [5.74, 6) is 1.78. The summed E-state index contributed by atoms with van der Waals surface area (Å²) < 4.78 is 28.8. The van der Waals surface area contributed by atoms with Gasteiger partial charge in [0, 0.05) is 17.8 Å². The fourth-order valence-electron chi connectivity index (χ4n) is 2.93. The van der Waals surface area contributed by atoms with Crippen LogP contribution in [0.3, 0.4) is 0 Å². The van der Waals surface area contributed by atoms with Crippen molar-refractivity contribution in [3.05, 3.63) is 24.3 Å². The van der Waals surface area contributed by atoms with Crippen LogP contribution < -0.4 is 10.1 Å². The molecule has 0 spiro atoms. The molecule has 1 fully saturated rings. The standard InChI is InChI=1S/C16H23F2NO/c1-11(2)12-6-8-13(9-7-12)19-14-4-3-5-15(10-14)20-16(17)18/h3-5,10-13,16,19H,6-9H2,1-2H3. The van der Waals surface area contributed by atoms with Crippen LogP contribution >= 0.6 is 0 Å². The van der Waals surface area contributed by atoms with Crippen molar-refractivity contribution >= 4 is 5.69 Å². The first-order valence-corrected chi connectivity index (χ1v) is 7.36. The number of hydrogen-bond acceptors (Lipinski definition) is 2. The Morgan fingerprint density at radius 2 is 1.85 bits per heavy atom. The summed E-state index contributed by atoms with van der Waals surface area (Å²) >= 11 is 0. The van der Waals surface area contributed by atoms with Crippen molar-refractivity contribution in [3.63, 3.8) is 0 Å². The number of rotatable bonds is 5. The molecule has 1 aromatic rings. The summed E-state index contributed by atoms with van der Waals surface area (Å²) in [5.41, 5.74) is 0.858. The van der Waals surface area contributed by atoms with Gasteiger partial charge in [-0.25, -0.2) is 0 Å². The first kappa shape index (κ1) is 15.1. The Morgan fingerprint density at radius 3 is 2.45 bits per heavy atom. The molecule has 1 aliphatic rings. The van der Waals surface area contributed by atoms with Crippen LogP contribution in [0.5, 0.6) is 5.75 Å². The Kier molecular flexibility index (Phi) is 5.21.